The van der Waals surface area contributed by atoms with Crippen molar-refractivity contribution in [2.24, 2.45) is 12.5 Å². The normalized spacial score (nSPS) is 23.9. The van der Waals surface area contributed by atoms with Crippen LogP contribution in [0.4, 0.5) is 5.82 Å². The molecule has 1 unspecified atom stereocenters. The molecular weight excluding hydrogens is 210 g/mol. The smallest absolute Gasteiger partial charge is 0.124 e. The predicted molar refractivity (Wildman–Crippen MR) is 72.0 cm³/mol. The molecule has 0 radical (unpaired) electrons. The molecule has 1 saturated carbocycles. The second-order valence-electron chi connectivity index (χ2n) is 6.01. The van der Waals surface area contributed by atoms with E-state index >= 15 is 0 Å². The zero-order valence-electron chi connectivity index (χ0n) is 11.6. The molecule has 2 rings (SSSR count). The Hall–Kier alpha value is -0.990. The van der Waals surface area contributed by atoms with E-state index in [4.69, 9.17) is 10.8 Å². The molecule has 17 heavy (non-hydrogen) atoms. The van der Waals surface area contributed by atoms with E-state index < -0.39 is 0 Å². The third kappa shape index (κ3) is 2.07. The molecule has 1 aromatic heterocycles. The van der Waals surface area contributed by atoms with Gasteiger partial charge in [0.1, 0.15) is 5.82 Å². The third-order valence-electron chi connectivity index (χ3n) is 4.42. The van der Waals surface area contributed by atoms with E-state index in [2.05, 4.69) is 20.8 Å². The topological polar surface area (TPSA) is 43.8 Å². The van der Waals surface area contributed by atoms with Crippen LogP contribution in [0.2, 0.25) is 0 Å². The van der Waals surface area contributed by atoms with Crippen LogP contribution < -0.4 is 5.73 Å². The van der Waals surface area contributed by atoms with Crippen LogP contribution in [0.5, 0.6) is 0 Å². The van der Waals surface area contributed by atoms with E-state index in [1.165, 1.54) is 36.9 Å². The average Bonchev–Trinajstić information content (AvgIpc) is 2.54. The second-order valence-corrected chi connectivity index (χ2v) is 6.01. The Morgan fingerprint density at radius 1 is 1.41 bits per heavy atom. The van der Waals surface area contributed by atoms with Crippen molar-refractivity contribution >= 4 is 5.82 Å². The Morgan fingerprint density at radius 2 is 2.12 bits per heavy atom. The van der Waals surface area contributed by atoms with Crippen LogP contribution in [-0.2, 0) is 13.5 Å². The number of aryl methyl sites for hydroxylation is 1. The van der Waals surface area contributed by atoms with Crippen molar-refractivity contribution in [3.05, 3.63) is 11.3 Å². The Morgan fingerprint density at radius 3 is 2.71 bits per heavy atom. The summed E-state index contributed by atoms with van der Waals surface area (Å²) >= 11 is 0. The van der Waals surface area contributed by atoms with Crippen molar-refractivity contribution in [2.45, 2.75) is 58.8 Å². The van der Waals surface area contributed by atoms with E-state index in [9.17, 15) is 0 Å². The summed E-state index contributed by atoms with van der Waals surface area (Å²) in [5.41, 5.74) is 9.01. The number of anilines is 1. The number of nitrogens with two attached hydrogens (primary N) is 1. The first-order chi connectivity index (χ1) is 7.97. The summed E-state index contributed by atoms with van der Waals surface area (Å²) in [4.78, 5) is 0. The van der Waals surface area contributed by atoms with Crippen molar-refractivity contribution in [1.82, 2.24) is 9.78 Å². The lowest BCUT2D eigenvalue weighted by Gasteiger charge is -2.38. The van der Waals surface area contributed by atoms with Crippen LogP contribution in [-0.4, -0.2) is 9.78 Å². The van der Waals surface area contributed by atoms with E-state index in [0.717, 1.165) is 12.2 Å². The van der Waals surface area contributed by atoms with Gasteiger partial charge in [-0.2, -0.15) is 5.10 Å². The van der Waals surface area contributed by atoms with Gasteiger partial charge in [-0.05, 0) is 24.7 Å². The summed E-state index contributed by atoms with van der Waals surface area (Å²) in [6, 6.07) is 0. The fourth-order valence-electron chi connectivity index (χ4n) is 3.25. The highest BCUT2D eigenvalue weighted by molar-refractivity contribution is 5.45. The van der Waals surface area contributed by atoms with Crippen LogP contribution in [0.1, 0.15) is 63.6 Å². The van der Waals surface area contributed by atoms with Crippen molar-refractivity contribution in [2.75, 3.05) is 5.73 Å². The van der Waals surface area contributed by atoms with Gasteiger partial charge < -0.3 is 5.73 Å². The number of hydrogen-bond donors (Lipinski definition) is 1. The quantitative estimate of drug-likeness (QED) is 0.855. The second kappa shape index (κ2) is 4.35. The van der Waals surface area contributed by atoms with Crippen LogP contribution >= 0.6 is 0 Å². The highest BCUT2D eigenvalue weighted by Crippen LogP contribution is 2.47. The molecule has 1 aromatic rings. The molecule has 3 heteroatoms. The third-order valence-corrected chi connectivity index (χ3v) is 4.42. The molecule has 96 valence electrons. The van der Waals surface area contributed by atoms with Gasteiger partial charge in [0.05, 0.1) is 5.69 Å². The maximum absolute atomic E-state index is 6.11. The van der Waals surface area contributed by atoms with Gasteiger partial charge in [-0.15, -0.1) is 0 Å². The summed E-state index contributed by atoms with van der Waals surface area (Å²) < 4.78 is 1.85. The number of hydrogen-bond acceptors (Lipinski definition) is 2. The lowest BCUT2D eigenvalue weighted by molar-refractivity contribution is 0.195. The summed E-state index contributed by atoms with van der Waals surface area (Å²) in [6.45, 7) is 6.93. The van der Waals surface area contributed by atoms with Gasteiger partial charge in [-0.3, -0.25) is 4.68 Å². The fraction of sp³-hybridized carbons (Fsp3) is 0.786. The molecule has 0 aromatic carbocycles. The molecule has 1 fully saturated rings. The largest absolute Gasteiger partial charge is 0.384 e. The van der Waals surface area contributed by atoms with Gasteiger partial charge in [0, 0.05) is 18.5 Å². The van der Waals surface area contributed by atoms with Crippen LogP contribution in [0.15, 0.2) is 0 Å². The zero-order valence-corrected chi connectivity index (χ0v) is 11.6. The molecule has 0 amide bonds. The van der Waals surface area contributed by atoms with Crippen LogP contribution in [0.3, 0.4) is 0 Å². The molecule has 0 bridgehead atoms. The minimum atomic E-state index is 0.364. The minimum Gasteiger partial charge on any atom is -0.384 e. The molecule has 0 aliphatic heterocycles. The highest BCUT2D eigenvalue weighted by Gasteiger charge is 2.36. The van der Waals surface area contributed by atoms with E-state index in [1.54, 1.807) is 0 Å². The Balaban J connectivity index is 2.42. The number of aromatic nitrogens is 2. The van der Waals surface area contributed by atoms with Crippen molar-refractivity contribution < 1.29 is 0 Å². The number of nitrogen functional groups attached to an aromatic ring is 1. The van der Waals surface area contributed by atoms with Crippen molar-refractivity contribution in [3.63, 3.8) is 0 Å². The number of nitrogens with zero attached hydrogens (tertiary/aromatic N) is 2. The maximum atomic E-state index is 6.11. The van der Waals surface area contributed by atoms with Crippen molar-refractivity contribution in [1.29, 1.82) is 0 Å². The molecule has 1 atom stereocenters. The molecule has 1 aliphatic rings. The van der Waals surface area contributed by atoms with Gasteiger partial charge in [0.15, 0.2) is 0 Å². The zero-order chi connectivity index (χ0) is 12.6. The molecule has 3 nitrogen and oxygen atoms in total. The first-order valence-corrected chi connectivity index (χ1v) is 6.78. The molecule has 2 N–H and O–H groups in total. The predicted octanol–water partition coefficient (Wildman–Crippen LogP) is 3.25. The maximum Gasteiger partial charge on any atom is 0.124 e. The Kier molecular flexibility index (Phi) is 3.19. The molecule has 0 saturated heterocycles. The summed E-state index contributed by atoms with van der Waals surface area (Å²) in [5, 5.41) is 4.69. The first-order valence-electron chi connectivity index (χ1n) is 6.78. The first kappa shape index (κ1) is 12.5. The SMILES string of the molecule is CCc1c(C2CCCCC2(C)C)nn(C)c1N. The lowest BCUT2D eigenvalue weighted by atomic mass is 9.67. The summed E-state index contributed by atoms with van der Waals surface area (Å²) in [6.07, 6.45) is 6.23. The lowest BCUT2D eigenvalue weighted by Crippen LogP contribution is -2.27. The minimum absolute atomic E-state index is 0.364. The van der Waals surface area contributed by atoms with E-state index in [-0.39, 0.29) is 0 Å². The summed E-state index contributed by atoms with van der Waals surface area (Å²) in [7, 11) is 1.95. The molecule has 1 aliphatic carbocycles. The van der Waals surface area contributed by atoms with Crippen molar-refractivity contribution in [3.8, 4) is 0 Å². The van der Waals surface area contributed by atoms with Crippen LogP contribution in [0, 0.1) is 5.41 Å². The Labute approximate surface area is 104 Å². The van der Waals surface area contributed by atoms with Gasteiger partial charge in [0.2, 0.25) is 0 Å². The van der Waals surface area contributed by atoms with E-state index in [0.29, 0.717) is 11.3 Å². The van der Waals surface area contributed by atoms with Gasteiger partial charge in [-0.1, -0.05) is 33.6 Å². The standard InChI is InChI=1S/C14H25N3/c1-5-10-12(16-17(4)13(10)15)11-8-6-7-9-14(11,2)3/h11H,5-9,15H2,1-4H3. The van der Waals surface area contributed by atoms with Gasteiger partial charge in [0.25, 0.3) is 0 Å². The monoisotopic (exact) mass is 235 g/mol. The highest BCUT2D eigenvalue weighted by atomic mass is 15.3. The summed E-state index contributed by atoms with van der Waals surface area (Å²) in [5.74, 6) is 1.43. The fourth-order valence-corrected chi connectivity index (χ4v) is 3.25. The van der Waals surface area contributed by atoms with Crippen LogP contribution in [0.25, 0.3) is 0 Å². The molecular formula is C14H25N3. The van der Waals surface area contributed by atoms with Gasteiger partial charge >= 0.3 is 0 Å². The number of rotatable bonds is 2. The molecule has 0 spiro atoms. The van der Waals surface area contributed by atoms with Gasteiger partial charge in [-0.25, -0.2) is 0 Å². The molecule has 1 heterocycles. The van der Waals surface area contributed by atoms with E-state index in [1.807, 2.05) is 11.7 Å². The Bertz CT molecular complexity index is 404. The average molecular weight is 235 g/mol.